The van der Waals surface area contributed by atoms with Gasteiger partial charge < -0.3 is 5.11 Å². The fraction of sp³-hybridized carbons (Fsp3) is 0.692. The van der Waals surface area contributed by atoms with Gasteiger partial charge in [0.1, 0.15) is 0 Å². The first kappa shape index (κ1) is 13.1. The molecule has 1 aliphatic heterocycles. The standard InChI is InChI=1S/C13H21N3O2/c1-4-13(12(17)18)5-6-16(9-13)8-11-7-15(3)14-10(11)2/h7H,4-6,8-9H2,1-3H3,(H,17,18). The van der Waals surface area contributed by atoms with Gasteiger partial charge in [-0.3, -0.25) is 14.4 Å². The van der Waals surface area contributed by atoms with Crippen molar-refractivity contribution in [3.05, 3.63) is 17.5 Å². The summed E-state index contributed by atoms with van der Waals surface area (Å²) in [4.78, 5) is 13.6. The van der Waals surface area contributed by atoms with Gasteiger partial charge in [-0.1, -0.05) is 6.92 Å². The summed E-state index contributed by atoms with van der Waals surface area (Å²) in [7, 11) is 1.91. The zero-order valence-corrected chi connectivity index (χ0v) is 11.3. The zero-order chi connectivity index (χ0) is 13.3. The maximum atomic E-state index is 11.4. The van der Waals surface area contributed by atoms with Gasteiger partial charge in [-0.2, -0.15) is 5.10 Å². The molecule has 2 heterocycles. The number of nitrogens with zero attached hydrogens (tertiary/aromatic N) is 3. The minimum absolute atomic E-state index is 0.546. The van der Waals surface area contributed by atoms with Crippen molar-refractivity contribution in [2.24, 2.45) is 12.5 Å². The predicted octanol–water partition coefficient (Wildman–Crippen LogP) is 1.42. The molecule has 5 nitrogen and oxygen atoms in total. The Kier molecular flexibility index (Phi) is 3.43. The number of aliphatic carboxylic acids is 1. The van der Waals surface area contributed by atoms with Gasteiger partial charge in [-0.15, -0.1) is 0 Å². The predicted molar refractivity (Wildman–Crippen MR) is 68.2 cm³/mol. The van der Waals surface area contributed by atoms with Crippen LogP contribution < -0.4 is 0 Å². The smallest absolute Gasteiger partial charge is 0.310 e. The molecule has 1 unspecified atom stereocenters. The lowest BCUT2D eigenvalue weighted by molar-refractivity contribution is -0.148. The first-order valence-corrected chi connectivity index (χ1v) is 6.42. The van der Waals surface area contributed by atoms with E-state index in [1.165, 1.54) is 5.56 Å². The summed E-state index contributed by atoms with van der Waals surface area (Å²) in [5, 5.41) is 13.7. The van der Waals surface area contributed by atoms with Crippen LogP contribution in [0.1, 0.15) is 31.0 Å². The maximum Gasteiger partial charge on any atom is 0.310 e. The van der Waals surface area contributed by atoms with Gasteiger partial charge in [0.2, 0.25) is 0 Å². The van der Waals surface area contributed by atoms with Gasteiger partial charge in [0.25, 0.3) is 0 Å². The largest absolute Gasteiger partial charge is 0.481 e. The van der Waals surface area contributed by atoms with Crippen LogP contribution >= 0.6 is 0 Å². The summed E-state index contributed by atoms with van der Waals surface area (Å²) < 4.78 is 1.81. The first-order chi connectivity index (χ1) is 8.47. The quantitative estimate of drug-likeness (QED) is 0.879. The zero-order valence-electron chi connectivity index (χ0n) is 11.3. The van der Waals surface area contributed by atoms with Crippen LogP contribution in [0.15, 0.2) is 6.20 Å². The first-order valence-electron chi connectivity index (χ1n) is 6.42. The molecule has 0 aliphatic carbocycles. The normalized spacial score (nSPS) is 24.6. The van der Waals surface area contributed by atoms with E-state index in [0.29, 0.717) is 13.0 Å². The second-order valence-corrected chi connectivity index (χ2v) is 5.31. The van der Waals surface area contributed by atoms with Crippen LogP contribution in [0.3, 0.4) is 0 Å². The summed E-state index contributed by atoms with van der Waals surface area (Å²) in [6, 6.07) is 0. The number of aryl methyl sites for hydroxylation is 2. The van der Waals surface area contributed by atoms with Gasteiger partial charge >= 0.3 is 5.97 Å². The third-order valence-electron chi connectivity index (χ3n) is 4.07. The fourth-order valence-electron chi connectivity index (χ4n) is 2.75. The molecule has 0 bridgehead atoms. The molecule has 100 valence electrons. The molecular weight excluding hydrogens is 230 g/mol. The lowest BCUT2D eigenvalue weighted by Gasteiger charge is -2.23. The second-order valence-electron chi connectivity index (χ2n) is 5.31. The fourth-order valence-corrected chi connectivity index (χ4v) is 2.75. The third kappa shape index (κ3) is 2.27. The topological polar surface area (TPSA) is 58.4 Å². The Balaban J connectivity index is 2.06. The average molecular weight is 251 g/mol. The van der Waals surface area contributed by atoms with E-state index >= 15 is 0 Å². The van der Waals surface area contributed by atoms with Gasteiger partial charge in [-0.05, 0) is 26.3 Å². The van der Waals surface area contributed by atoms with E-state index in [1.54, 1.807) is 0 Å². The number of carbonyl (C=O) groups is 1. The molecule has 2 rings (SSSR count). The van der Waals surface area contributed by atoms with Gasteiger partial charge in [-0.25, -0.2) is 0 Å². The molecule has 1 aromatic heterocycles. The lowest BCUT2D eigenvalue weighted by Crippen LogP contribution is -2.33. The van der Waals surface area contributed by atoms with Crippen molar-refractivity contribution in [2.75, 3.05) is 13.1 Å². The van der Waals surface area contributed by atoms with Crippen LogP contribution in [0.25, 0.3) is 0 Å². The Morgan fingerprint density at radius 2 is 2.33 bits per heavy atom. The highest BCUT2D eigenvalue weighted by molar-refractivity contribution is 5.75. The second kappa shape index (κ2) is 4.72. The van der Waals surface area contributed by atoms with Gasteiger partial charge in [0, 0.05) is 31.9 Å². The Labute approximate surface area is 107 Å². The van der Waals surface area contributed by atoms with E-state index in [4.69, 9.17) is 0 Å². The Morgan fingerprint density at radius 1 is 1.61 bits per heavy atom. The molecule has 1 atom stereocenters. The highest BCUT2D eigenvalue weighted by atomic mass is 16.4. The summed E-state index contributed by atoms with van der Waals surface area (Å²) in [6.45, 7) is 6.26. The molecule has 0 aromatic carbocycles. The van der Waals surface area contributed by atoms with Gasteiger partial charge in [0.05, 0.1) is 11.1 Å². The van der Waals surface area contributed by atoms with Crippen LogP contribution in [0, 0.1) is 12.3 Å². The molecule has 1 N–H and O–H groups in total. The van der Waals surface area contributed by atoms with Crippen LogP contribution in [-0.2, 0) is 18.4 Å². The number of aromatic nitrogens is 2. The third-order valence-corrected chi connectivity index (χ3v) is 4.07. The van der Waals surface area contributed by atoms with Crippen molar-refractivity contribution in [3.8, 4) is 0 Å². The molecule has 1 aromatic rings. The number of hydrogen-bond donors (Lipinski definition) is 1. The van der Waals surface area contributed by atoms with E-state index in [0.717, 1.165) is 25.2 Å². The van der Waals surface area contributed by atoms with Crippen molar-refractivity contribution < 1.29 is 9.90 Å². The van der Waals surface area contributed by atoms with Crippen LogP contribution in [0.2, 0.25) is 0 Å². The molecular formula is C13H21N3O2. The maximum absolute atomic E-state index is 11.4. The van der Waals surface area contributed by atoms with Crippen LogP contribution in [0.5, 0.6) is 0 Å². The lowest BCUT2D eigenvalue weighted by atomic mass is 9.84. The Hall–Kier alpha value is -1.36. The Bertz CT molecular complexity index is 455. The van der Waals surface area contributed by atoms with E-state index in [-0.39, 0.29) is 0 Å². The van der Waals surface area contributed by atoms with Gasteiger partial charge in [0.15, 0.2) is 0 Å². The number of rotatable bonds is 4. The van der Waals surface area contributed by atoms with E-state index < -0.39 is 11.4 Å². The Morgan fingerprint density at radius 3 is 2.78 bits per heavy atom. The minimum Gasteiger partial charge on any atom is -0.481 e. The van der Waals surface area contributed by atoms with E-state index in [1.807, 2.05) is 31.8 Å². The monoisotopic (exact) mass is 251 g/mol. The average Bonchev–Trinajstić information content (AvgIpc) is 2.85. The van der Waals surface area contributed by atoms with Crippen molar-refractivity contribution in [3.63, 3.8) is 0 Å². The minimum atomic E-state index is -0.657. The number of carboxylic acid groups (broad SMARTS) is 1. The molecule has 0 spiro atoms. The number of hydrogen-bond acceptors (Lipinski definition) is 3. The summed E-state index contributed by atoms with van der Waals surface area (Å²) >= 11 is 0. The van der Waals surface area contributed by atoms with E-state index in [9.17, 15) is 9.90 Å². The van der Waals surface area contributed by atoms with Crippen LogP contribution in [0.4, 0.5) is 0 Å². The summed E-state index contributed by atoms with van der Waals surface area (Å²) in [6.07, 6.45) is 3.46. The van der Waals surface area contributed by atoms with Crippen molar-refractivity contribution in [2.45, 2.75) is 33.2 Å². The molecule has 5 heteroatoms. The van der Waals surface area contributed by atoms with Crippen molar-refractivity contribution >= 4 is 5.97 Å². The number of carboxylic acids is 1. The molecule has 0 radical (unpaired) electrons. The molecule has 0 amide bonds. The molecule has 0 saturated carbocycles. The number of likely N-dealkylation sites (tertiary alicyclic amines) is 1. The highest BCUT2D eigenvalue weighted by Gasteiger charge is 2.43. The SMILES string of the molecule is CCC1(C(=O)O)CCN(Cc2cn(C)nc2C)C1. The van der Waals surface area contributed by atoms with Crippen LogP contribution in [-0.4, -0.2) is 38.8 Å². The molecule has 18 heavy (non-hydrogen) atoms. The summed E-state index contributed by atoms with van der Waals surface area (Å²) in [5.74, 6) is -0.657. The molecule has 1 saturated heterocycles. The van der Waals surface area contributed by atoms with Crippen molar-refractivity contribution in [1.82, 2.24) is 14.7 Å². The summed E-state index contributed by atoms with van der Waals surface area (Å²) in [5.41, 5.74) is 1.67. The molecule has 1 aliphatic rings. The molecule has 1 fully saturated rings. The van der Waals surface area contributed by atoms with Crippen molar-refractivity contribution in [1.29, 1.82) is 0 Å². The van der Waals surface area contributed by atoms with E-state index in [2.05, 4.69) is 10.00 Å². The highest BCUT2D eigenvalue weighted by Crippen LogP contribution is 2.34.